The van der Waals surface area contributed by atoms with E-state index in [1.54, 1.807) is 24.3 Å². The molecule has 1 aliphatic rings. The molecule has 0 atom stereocenters. The van der Waals surface area contributed by atoms with Gasteiger partial charge in [0.1, 0.15) is 17.3 Å². The van der Waals surface area contributed by atoms with Crippen LogP contribution in [0.3, 0.4) is 0 Å². The number of carbonyl (C=O) groups excluding carboxylic acids is 2. The van der Waals surface area contributed by atoms with Crippen molar-refractivity contribution in [3.05, 3.63) is 94.9 Å². The molecule has 5 nitrogen and oxygen atoms in total. The van der Waals surface area contributed by atoms with E-state index in [1.807, 2.05) is 39.0 Å². The Balaban J connectivity index is 1.81. The normalized spacial score (nSPS) is 13.7. The smallest absolute Gasteiger partial charge is 0.282 e. The number of imide groups is 1. The number of benzene rings is 3. The summed E-state index contributed by atoms with van der Waals surface area (Å²) in [5.41, 5.74) is 3.78. The molecule has 0 unspecified atom stereocenters. The SMILES string of the molecule is CCOc1ccc(C2=C(Nc3ccc(F)cc3)C(=O)N(c3cc(C)ccc3C)C2=O)cc1. The van der Waals surface area contributed by atoms with Crippen molar-refractivity contribution in [3.63, 3.8) is 0 Å². The Morgan fingerprint density at radius 2 is 1.59 bits per heavy atom. The Kier molecular flexibility index (Phi) is 5.77. The van der Waals surface area contributed by atoms with Gasteiger partial charge in [-0.2, -0.15) is 0 Å². The second-order valence-electron chi connectivity index (χ2n) is 7.57. The number of carbonyl (C=O) groups is 2. The molecule has 0 saturated heterocycles. The Morgan fingerprint density at radius 1 is 0.906 bits per heavy atom. The standard InChI is InChI=1S/C26H23FN2O3/c1-4-32-21-13-7-18(8-14-21)23-24(28-20-11-9-19(27)10-12-20)26(31)29(25(23)30)22-15-16(2)5-6-17(22)3/h5-15,28H,4H2,1-3H3. The maximum Gasteiger partial charge on any atom is 0.282 e. The van der Waals surface area contributed by atoms with Crippen LogP contribution in [0.15, 0.2) is 72.4 Å². The molecule has 0 saturated carbocycles. The van der Waals surface area contributed by atoms with Gasteiger partial charge in [0, 0.05) is 5.69 Å². The Morgan fingerprint density at radius 3 is 2.25 bits per heavy atom. The summed E-state index contributed by atoms with van der Waals surface area (Å²) >= 11 is 0. The number of hydrogen-bond donors (Lipinski definition) is 1. The summed E-state index contributed by atoms with van der Waals surface area (Å²) in [6, 6.07) is 18.3. The number of ether oxygens (including phenoxy) is 1. The van der Waals surface area contributed by atoms with Crippen LogP contribution in [0.4, 0.5) is 15.8 Å². The van der Waals surface area contributed by atoms with Gasteiger partial charge < -0.3 is 10.1 Å². The van der Waals surface area contributed by atoms with Gasteiger partial charge in [0.05, 0.1) is 17.9 Å². The fourth-order valence-corrected chi connectivity index (χ4v) is 3.65. The molecule has 162 valence electrons. The quantitative estimate of drug-likeness (QED) is 0.544. The highest BCUT2D eigenvalue weighted by Gasteiger charge is 2.40. The minimum absolute atomic E-state index is 0.145. The number of halogens is 1. The van der Waals surface area contributed by atoms with Gasteiger partial charge in [-0.3, -0.25) is 9.59 Å². The average Bonchev–Trinajstić information content (AvgIpc) is 3.02. The van der Waals surface area contributed by atoms with E-state index < -0.39 is 11.8 Å². The lowest BCUT2D eigenvalue weighted by atomic mass is 10.0. The zero-order valence-corrected chi connectivity index (χ0v) is 18.1. The number of anilines is 2. The van der Waals surface area contributed by atoms with Crippen molar-refractivity contribution >= 4 is 28.8 Å². The molecular weight excluding hydrogens is 407 g/mol. The highest BCUT2D eigenvalue weighted by atomic mass is 19.1. The summed E-state index contributed by atoms with van der Waals surface area (Å²) in [6.45, 7) is 6.18. The molecule has 6 heteroatoms. The highest BCUT2D eigenvalue weighted by Crippen LogP contribution is 2.36. The first-order chi connectivity index (χ1) is 15.4. The molecule has 0 spiro atoms. The fourth-order valence-electron chi connectivity index (χ4n) is 3.65. The van der Waals surface area contributed by atoms with Crippen molar-refractivity contribution in [2.45, 2.75) is 20.8 Å². The van der Waals surface area contributed by atoms with Crippen molar-refractivity contribution in [2.75, 3.05) is 16.8 Å². The summed E-state index contributed by atoms with van der Waals surface area (Å²) < 4.78 is 18.9. The maximum atomic E-state index is 13.6. The Labute approximate surface area is 186 Å². The molecule has 0 radical (unpaired) electrons. The minimum atomic E-state index is -0.461. The van der Waals surface area contributed by atoms with Crippen molar-refractivity contribution in [2.24, 2.45) is 0 Å². The van der Waals surface area contributed by atoms with Crippen LogP contribution >= 0.6 is 0 Å². The predicted molar refractivity (Wildman–Crippen MR) is 123 cm³/mol. The number of hydrogen-bond acceptors (Lipinski definition) is 4. The lowest BCUT2D eigenvalue weighted by Crippen LogP contribution is -2.33. The summed E-state index contributed by atoms with van der Waals surface area (Å²) in [6.07, 6.45) is 0. The first-order valence-electron chi connectivity index (χ1n) is 10.3. The monoisotopic (exact) mass is 430 g/mol. The van der Waals surface area contributed by atoms with Crippen LogP contribution in [0, 0.1) is 19.7 Å². The molecule has 32 heavy (non-hydrogen) atoms. The molecule has 3 aromatic rings. The van der Waals surface area contributed by atoms with E-state index in [0.717, 1.165) is 11.1 Å². The van der Waals surface area contributed by atoms with Crippen molar-refractivity contribution in [1.29, 1.82) is 0 Å². The molecule has 3 aromatic carbocycles. The lowest BCUT2D eigenvalue weighted by Gasteiger charge is -2.18. The second-order valence-corrected chi connectivity index (χ2v) is 7.57. The van der Waals surface area contributed by atoms with E-state index in [9.17, 15) is 14.0 Å². The number of nitrogens with zero attached hydrogens (tertiary/aromatic N) is 1. The molecule has 0 aromatic heterocycles. The molecule has 0 bridgehead atoms. The van der Waals surface area contributed by atoms with Crippen molar-refractivity contribution < 1.29 is 18.7 Å². The number of nitrogens with one attached hydrogen (secondary N) is 1. The molecule has 1 N–H and O–H groups in total. The molecular formula is C26H23FN2O3. The third kappa shape index (κ3) is 3.99. The summed E-state index contributed by atoms with van der Waals surface area (Å²) in [4.78, 5) is 28.2. The topological polar surface area (TPSA) is 58.6 Å². The van der Waals surface area contributed by atoms with Crippen LogP contribution in [0.2, 0.25) is 0 Å². The van der Waals surface area contributed by atoms with Gasteiger partial charge in [-0.1, -0.05) is 24.3 Å². The fraction of sp³-hybridized carbons (Fsp3) is 0.154. The van der Waals surface area contributed by atoms with Crippen LogP contribution in [-0.4, -0.2) is 18.4 Å². The zero-order valence-electron chi connectivity index (χ0n) is 18.1. The summed E-state index contributed by atoms with van der Waals surface area (Å²) in [7, 11) is 0. The predicted octanol–water partition coefficient (Wildman–Crippen LogP) is 5.24. The largest absolute Gasteiger partial charge is 0.494 e. The molecule has 1 aliphatic heterocycles. The van der Waals surface area contributed by atoms with Crippen LogP contribution in [0.5, 0.6) is 5.75 Å². The van der Waals surface area contributed by atoms with Gasteiger partial charge in [-0.25, -0.2) is 9.29 Å². The number of aryl methyl sites for hydroxylation is 2. The van der Waals surface area contributed by atoms with Crippen LogP contribution in [-0.2, 0) is 9.59 Å². The van der Waals surface area contributed by atoms with Crippen molar-refractivity contribution in [3.8, 4) is 5.75 Å². The van der Waals surface area contributed by atoms with Gasteiger partial charge in [-0.05, 0) is 79.9 Å². The van der Waals surface area contributed by atoms with E-state index in [0.29, 0.717) is 29.3 Å². The van der Waals surface area contributed by atoms with Gasteiger partial charge in [0.2, 0.25) is 0 Å². The Bertz CT molecular complexity index is 1210. The van der Waals surface area contributed by atoms with Crippen LogP contribution in [0.25, 0.3) is 5.57 Å². The lowest BCUT2D eigenvalue weighted by molar-refractivity contribution is -0.120. The first kappa shape index (κ1) is 21.3. The summed E-state index contributed by atoms with van der Waals surface area (Å²) in [5.74, 6) is -0.593. The van der Waals surface area contributed by atoms with E-state index in [2.05, 4.69) is 5.32 Å². The third-order valence-electron chi connectivity index (χ3n) is 5.26. The highest BCUT2D eigenvalue weighted by molar-refractivity contribution is 6.46. The van der Waals surface area contributed by atoms with Gasteiger partial charge >= 0.3 is 0 Å². The third-order valence-corrected chi connectivity index (χ3v) is 5.26. The van der Waals surface area contributed by atoms with E-state index in [-0.39, 0.29) is 17.1 Å². The second kappa shape index (κ2) is 8.67. The van der Waals surface area contributed by atoms with Gasteiger partial charge in [0.15, 0.2) is 0 Å². The molecule has 1 heterocycles. The number of rotatable bonds is 6. The average molecular weight is 430 g/mol. The first-order valence-corrected chi connectivity index (χ1v) is 10.3. The van der Waals surface area contributed by atoms with Crippen LogP contribution in [0.1, 0.15) is 23.6 Å². The van der Waals surface area contributed by atoms with Crippen molar-refractivity contribution in [1.82, 2.24) is 0 Å². The van der Waals surface area contributed by atoms with Gasteiger partial charge in [0.25, 0.3) is 11.8 Å². The van der Waals surface area contributed by atoms with Gasteiger partial charge in [-0.15, -0.1) is 0 Å². The van der Waals surface area contributed by atoms with E-state index >= 15 is 0 Å². The molecule has 0 aliphatic carbocycles. The minimum Gasteiger partial charge on any atom is -0.494 e. The molecule has 0 fully saturated rings. The number of amides is 2. The van der Waals surface area contributed by atoms with E-state index in [1.165, 1.54) is 29.2 Å². The summed E-state index contributed by atoms with van der Waals surface area (Å²) in [5, 5.41) is 3.04. The van der Waals surface area contributed by atoms with E-state index in [4.69, 9.17) is 4.74 Å². The Hall–Kier alpha value is -3.93. The molecule has 4 rings (SSSR count). The van der Waals surface area contributed by atoms with Crippen LogP contribution < -0.4 is 15.0 Å². The molecule has 2 amide bonds. The maximum absolute atomic E-state index is 13.6. The zero-order chi connectivity index (χ0) is 22.8.